The summed E-state index contributed by atoms with van der Waals surface area (Å²) in [5.74, 6) is -0.918. The number of aryl methyl sites for hydroxylation is 1. The van der Waals surface area contributed by atoms with Gasteiger partial charge in [-0.15, -0.1) is 0 Å². The predicted molar refractivity (Wildman–Crippen MR) is 113 cm³/mol. The van der Waals surface area contributed by atoms with Crippen LogP contribution in [0.1, 0.15) is 25.0 Å². The predicted octanol–water partition coefficient (Wildman–Crippen LogP) is 3.52. The van der Waals surface area contributed by atoms with Crippen LogP contribution in [-0.2, 0) is 14.3 Å². The molecule has 30 heavy (non-hydrogen) atoms. The first kappa shape index (κ1) is 21.2. The molecule has 0 spiro atoms. The van der Waals surface area contributed by atoms with E-state index in [-0.39, 0.29) is 36.2 Å². The van der Waals surface area contributed by atoms with Crippen LogP contribution >= 0.6 is 0 Å². The van der Waals surface area contributed by atoms with E-state index in [2.05, 4.69) is 5.32 Å². The highest BCUT2D eigenvalue weighted by atomic mass is 16.6. The number of carbonyl (C=O) groups excluding carboxylic acids is 2. The van der Waals surface area contributed by atoms with Crippen molar-refractivity contribution in [2.24, 2.45) is 0 Å². The van der Waals surface area contributed by atoms with Gasteiger partial charge in [-0.2, -0.15) is 0 Å². The zero-order valence-electron chi connectivity index (χ0n) is 17.0. The lowest BCUT2D eigenvalue weighted by atomic mass is 10.0. The van der Waals surface area contributed by atoms with Gasteiger partial charge >= 0.3 is 0 Å². The molecule has 2 aromatic rings. The topological polar surface area (TPSA) is 102 Å². The summed E-state index contributed by atoms with van der Waals surface area (Å²) >= 11 is 0. The first-order chi connectivity index (χ1) is 14.3. The van der Waals surface area contributed by atoms with Gasteiger partial charge in [0.15, 0.2) is 0 Å². The molecule has 2 aromatic carbocycles. The zero-order chi connectivity index (χ0) is 21.8. The summed E-state index contributed by atoms with van der Waals surface area (Å²) in [5.41, 5.74) is 2.33. The number of hydrogen-bond acceptors (Lipinski definition) is 6. The maximum Gasteiger partial charge on any atom is 0.278 e. The van der Waals surface area contributed by atoms with Gasteiger partial charge in [0.05, 0.1) is 29.8 Å². The molecular formula is C22H23N3O5. The number of rotatable bonds is 8. The molecule has 1 heterocycles. The molecule has 8 nitrogen and oxygen atoms in total. The second-order valence-electron chi connectivity index (χ2n) is 7.23. The Balaban J connectivity index is 1.98. The molecule has 0 unspecified atom stereocenters. The van der Waals surface area contributed by atoms with E-state index in [1.165, 1.54) is 24.3 Å². The van der Waals surface area contributed by atoms with E-state index in [0.717, 1.165) is 10.5 Å². The molecule has 0 bridgehead atoms. The van der Waals surface area contributed by atoms with E-state index in [9.17, 15) is 19.7 Å². The average molecular weight is 409 g/mol. The van der Waals surface area contributed by atoms with Crippen molar-refractivity contribution in [3.05, 3.63) is 75.5 Å². The first-order valence-electron chi connectivity index (χ1n) is 9.58. The summed E-state index contributed by atoms with van der Waals surface area (Å²) in [6, 6.07) is 13.0. The Labute approximate surface area is 174 Å². The summed E-state index contributed by atoms with van der Waals surface area (Å²) in [7, 11) is 0. The lowest BCUT2D eigenvalue weighted by Crippen LogP contribution is -2.35. The third-order valence-corrected chi connectivity index (χ3v) is 4.59. The van der Waals surface area contributed by atoms with Gasteiger partial charge in [-0.25, -0.2) is 0 Å². The summed E-state index contributed by atoms with van der Waals surface area (Å²) in [6.45, 7) is 6.01. The van der Waals surface area contributed by atoms with E-state index in [4.69, 9.17) is 4.74 Å². The lowest BCUT2D eigenvalue weighted by molar-refractivity contribution is -0.384. The highest BCUT2D eigenvalue weighted by Crippen LogP contribution is 2.31. The minimum Gasteiger partial charge on any atom is -0.377 e. The van der Waals surface area contributed by atoms with Crippen LogP contribution in [0.3, 0.4) is 0 Å². The van der Waals surface area contributed by atoms with Gasteiger partial charge in [0.1, 0.15) is 5.70 Å². The van der Waals surface area contributed by atoms with Crippen molar-refractivity contribution in [3.63, 3.8) is 0 Å². The van der Waals surface area contributed by atoms with Crippen LogP contribution in [0.5, 0.6) is 0 Å². The Morgan fingerprint density at radius 1 is 1.10 bits per heavy atom. The molecule has 0 aliphatic carbocycles. The van der Waals surface area contributed by atoms with Crippen LogP contribution in [0.2, 0.25) is 0 Å². The molecule has 8 heteroatoms. The number of nitrogens with one attached hydrogen (secondary N) is 1. The van der Waals surface area contributed by atoms with Crippen LogP contribution in [0.25, 0.3) is 5.57 Å². The highest BCUT2D eigenvalue weighted by Gasteiger charge is 2.39. The number of nitro groups is 1. The summed E-state index contributed by atoms with van der Waals surface area (Å²) < 4.78 is 5.49. The van der Waals surface area contributed by atoms with E-state index >= 15 is 0 Å². The van der Waals surface area contributed by atoms with Gasteiger partial charge in [0, 0.05) is 17.8 Å². The molecule has 0 aromatic heterocycles. The van der Waals surface area contributed by atoms with Gasteiger partial charge in [-0.05, 0) is 56.2 Å². The van der Waals surface area contributed by atoms with Crippen molar-refractivity contribution in [2.75, 3.05) is 18.5 Å². The molecule has 0 fully saturated rings. The van der Waals surface area contributed by atoms with Gasteiger partial charge < -0.3 is 10.1 Å². The van der Waals surface area contributed by atoms with Crippen LogP contribution in [-0.4, -0.2) is 40.9 Å². The van der Waals surface area contributed by atoms with Crippen molar-refractivity contribution >= 4 is 28.8 Å². The van der Waals surface area contributed by atoms with Crippen molar-refractivity contribution < 1.29 is 19.2 Å². The second-order valence-corrected chi connectivity index (χ2v) is 7.23. The van der Waals surface area contributed by atoms with Crippen LogP contribution in [0.15, 0.2) is 54.2 Å². The monoisotopic (exact) mass is 409 g/mol. The normalized spacial score (nSPS) is 14.1. The minimum absolute atomic E-state index is 0.0233. The fourth-order valence-corrected chi connectivity index (χ4v) is 3.16. The van der Waals surface area contributed by atoms with Gasteiger partial charge in [0.2, 0.25) is 0 Å². The summed E-state index contributed by atoms with van der Waals surface area (Å²) in [4.78, 5) is 37.7. The van der Waals surface area contributed by atoms with Gasteiger partial charge in [-0.1, -0.05) is 12.1 Å². The van der Waals surface area contributed by atoms with E-state index in [1.807, 2.05) is 39.0 Å². The third-order valence-electron chi connectivity index (χ3n) is 4.59. The van der Waals surface area contributed by atoms with Crippen molar-refractivity contribution in [1.29, 1.82) is 0 Å². The minimum atomic E-state index is -0.513. The largest absolute Gasteiger partial charge is 0.377 e. The smallest absolute Gasteiger partial charge is 0.278 e. The number of anilines is 1. The highest BCUT2D eigenvalue weighted by molar-refractivity contribution is 6.36. The van der Waals surface area contributed by atoms with Crippen LogP contribution < -0.4 is 5.32 Å². The number of nitro benzene ring substituents is 1. The molecule has 0 saturated carbocycles. The molecule has 1 aliphatic rings. The molecule has 3 rings (SSSR count). The number of carbonyl (C=O) groups is 2. The Morgan fingerprint density at radius 2 is 1.80 bits per heavy atom. The number of benzene rings is 2. The van der Waals surface area contributed by atoms with Crippen LogP contribution in [0, 0.1) is 17.0 Å². The Kier molecular flexibility index (Phi) is 6.27. The quantitative estimate of drug-likeness (QED) is 0.407. The van der Waals surface area contributed by atoms with E-state index in [1.54, 1.807) is 6.07 Å². The van der Waals surface area contributed by atoms with Crippen LogP contribution in [0.4, 0.5) is 11.4 Å². The molecule has 0 saturated heterocycles. The molecule has 156 valence electrons. The maximum absolute atomic E-state index is 13.1. The Morgan fingerprint density at radius 3 is 2.40 bits per heavy atom. The molecule has 0 radical (unpaired) electrons. The zero-order valence-corrected chi connectivity index (χ0v) is 17.0. The lowest BCUT2D eigenvalue weighted by Gasteiger charge is -2.16. The number of ether oxygens (including phenoxy) is 1. The van der Waals surface area contributed by atoms with Crippen molar-refractivity contribution in [2.45, 2.75) is 26.9 Å². The van der Waals surface area contributed by atoms with E-state index < -0.39 is 16.7 Å². The molecular weight excluding hydrogens is 386 g/mol. The fourth-order valence-electron chi connectivity index (χ4n) is 3.16. The molecule has 2 amide bonds. The molecule has 1 N–H and O–H groups in total. The number of imide groups is 1. The maximum atomic E-state index is 13.1. The second kappa shape index (κ2) is 8.87. The SMILES string of the molecule is Cc1cccc(NC2=C(c3ccc([N+](=O)[O-])cc3)C(=O)N(CCOC(C)C)C2=O)c1. The number of nitrogens with zero attached hydrogens (tertiary/aromatic N) is 2. The van der Waals surface area contributed by atoms with Gasteiger partial charge in [0.25, 0.3) is 17.5 Å². The molecule has 1 aliphatic heterocycles. The average Bonchev–Trinajstić information content (AvgIpc) is 2.92. The number of hydrogen-bond donors (Lipinski definition) is 1. The number of non-ortho nitro benzene ring substituents is 1. The first-order valence-corrected chi connectivity index (χ1v) is 9.58. The summed E-state index contributed by atoms with van der Waals surface area (Å²) in [5, 5.41) is 14.0. The van der Waals surface area contributed by atoms with E-state index in [0.29, 0.717) is 11.3 Å². The van der Waals surface area contributed by atoms with Crippen molar-refractivity contribution in [3.8, 4) is 0 Å². The summed E-state index contributed by atoms with van der Waals surface area (Å²) in [6.07, 6.45) is -0.0233. The third kappa shape index (κ3) is 4.55. The molecule has 0 atom stereocenters. The Bertz CT molecular complexity index is 1010. The van der Waals surface area contributed by atoms with Gasteiger partial charge in [-0.3, -0.25) is 24.6 Å². The van der Waals surface area contributed by atoms with Crippen molar-refractivity contribution in [1.82, 2.24) is 4.90 Å². The number of amides is 2. The Hall–Kier alpha value is -3.52. The standard InChI is InChI=1S/C22H23N3O5/c1-14(2)30-12-11-24-21(26)19(16-7-9-18(10-8-16)25(28)29)20(22(24)27)23-17-6-4-5-15(3)13-17/h4-10,13-14,23H,11-12H2,1-3H3. The fraction of sp³-hybridized carbons (Fsp3) is 0.273.